The van der Waals surface area contributed by atoms with Crippen molar-refractivity contribution >= 4 is 16.0 Å². The molecule has 0 heterocycles. The van der Waals surface area contributed by atoms with Crippen molar-refractivity contribution in [1.82, 2.24) is 10.0 Å². The molecule has 0 aromatic heterocycles. The van der Waals surface area contributed by atoms with Crippen molar-refractivity contribution in [2.24, 2.45) is 5.92 Å². The van der Waals surface area contributed by atoms with E-state index in [1.807, 2.05) is 0 Å². The lowest BCUT2D eigenvalue weighted by Gasteiger charge is -2.16. The van der Waals surface area contributed by atoms with Gasteiger partial charge in [-0.05, 0) is 62.8 Å². The van der Waals surface area contributed by atoms with Gasteiger partial charge >= 0.3 is 5.97 Å². The number of halogens is 1. The van der Waals surface area contributed by atoms with E-state index in [0.717, 1.165) is 12.8 Å². The minimum absolute atomic E-state index is 0.0572. The average Bonchev–Trinajstić information content (AvgIpc) is 3.41. The van der Waals surface area contributed by atoms with Crippen LogP contribution < -0.4 is 14.8 Å². The van der Waals surface area contributed by atoms with E-state index in [4.69, 9.17) is 9.84 Å². The van der Waals surface area contributed by atoms with E-state index >= 15 is 0 Å². The third-order valence-electron chi connectivity index (χ3n) is 4.28. The Morgan fingerprint density at radius 3 is 2.78 bits per heavy atom. The van der Waals surface area contributed by atoms with Crippen molar-refractivity contribution in [1.29, 1.82) is 0 Å². The van der Waals surface area contributed by atoms with Crippen LogP contribution in [0.1, 0.15) is 44.2 Å². The number of carbonyl (C=O) groups is 1. The summed E-state index contributed by atoms with van der Waals surface area (Å²) >= 11 is 0. The molecule has 1 aromatic rings. The highest BCUT2D eigenvalue weighted by molar-refractivity contribution is 7.89. The largest absolute Gasteiger partial charge is 0.490 e. The summed E-state index contributed by atoms with van der Waals surface area (Å²) in [7, 11) is -3.50. The van der Waals surface area contributed by atoms with E-state index in [0.29, 0.717) is 37.5 Å². The van der Waals surface area contributed by atoms with E-state index in [1.165, 1.54) is 6.07 Å². The highest BCUT2D eigenvalue weighted by atomic mass is 32.2. The summed E-state index contributed by atoms with van der Waals surface area (Å²) in [6.07, 6.45) is 3.17. The highest BCUT2D eigenvalue weighted by Gasteiger charge is 2.23. The average molecular weight is 402 g/mol. The van der Waals surface area contributed by atoms with Gasteiger partial charge in [0.1, 0.15) is 0 Å². The maximum absolute atomic E-state index is 13.9. The van der Waals surface area contributed by atoms with E-state index in [9.17, 15) is 17.6 Å². The van der Waals surface area contributed by atoms with E-state index in [-0.39, 0.29) is 18.0 Å². The molecule has 1 aromatic carbocycles. The molecule has 1 atom stereocenters. The topological polar surface area (TPSA) is 105 Å². The number of ether oxygens (including phenoxy) is 1. The Labute approximate surface area is 159 Å². The molecule has 0 aliphatic heterocycles. The molecule has 0 spiro atoms. The third kappa shape index (κ3) is 8.23. The Hall–Kier alpha value is -1.71. The smallest absolute Gasteiger partial charge is 0.317 e. The molecular formula is C18H27FN2O5S. The van der Waals surface area contributed by atoms with E-state index < -0.39 is 27.9 Å². The molecule has 9 heteroatoms. The normalized spacial score (nSPS) is 15.5. The quantitative estimate of drug-likeness (QED) is 0.436. The molecule has 152 valence electrons. The Morgan fingerprint density at radius 1 is 1.37 bits per heavy atom. The minimum Gasteiger partial charge on any atom is -0.490 e. The molecule has 27 heavy (non-hydrogen) atoms. The van der Waals surface area contributed by atoms with Crippen LogP contribution in [-0.2, 0) is 14.8 Å². The standard InChI is InChI=1S/C18H27FN2O5S/c1-13(21-27(24,25)9-3-2-8-20-11-18(22)23)15-6-7-16(19)17(10-15)26-12-14-4-5-14/h6-7,10,13-14,20-21H,2-5,8-9,11-12H2,1H3,(H,22,23). The first-order valence-electron chi connectivity index (χ1n) is 9.11. The highest BCUT2D eigenvalue weighted by Crippen LogP contribution is 2.31. The van der Waals surface area contributed by atoms with Crippen LogP contribution in [0.4, 0.5) is 4.39 Å². The van der Waals surface area contributed by atoms with E-state index in [1.54, 1.807) is 19.1 Å². The molecule has 1 unspecified atom stereocenters. The van der Waals surface area contributed by atoms with Crippen LogP contribution in [0.3, 0.4) is 0 Å². The molecule has 0 amide bonds. The summed E-state index contributed by atoms with van der Waals surface area (Å²) in [6.45, 7) is 2.48. The van der Waals surface area contributed by atoms with Crippen molar-refractivity contribution in [2.45, 2.75) is 38.6 Å². The van der Waals surface area contributed by atoms with Gasteiger partial charge < -0.3 is 15.2 Å². The lowest BCUT2D eigenvalue weighted by atomic mass is 10.1. The number of unbranched alkanes of at least 4 members (excludes halogenated alkanes) is 1. The van der Waals surface area contributed by atoms with Crippen molar-refractivity contribution in [3.05, 3.63) is 29.6 Å². The Kier molecular flexibility index (Phi) is 8.00. The Bertz CT molecular complexity index is 737. The Balaban J connectivity index is 1.80. The first-order chi connectivity index (χ1) is 12.8. The molecule has 1 saturated carbocycles. The zero-order valence-electron chi connectivity index (χ0n) is 15.4. The van der Waals surface area contributed by atoms with Gasteiger partial charge in [-0.3, -0.25) is 4.79 Å². The summed E-state index contributed by atoms with van der Waals surface area (Å²) in [4.78, 5) is 10.4. The van der Waals surface area contributed by atoms with Gasteiger partial charge in [0.25, 0.3) is 0 Å². The fraction of sp³-hybridized carbons (Fsp3) is 0.611. The zero-order valence-corrected chi connectivity index (χ0v) is 16.2. The maximum atomic E-state index is 13.9. The number of aliphatic carboxylic acids is 1. The number of carboxylic acid groups (broad SMARTS) is 1. The van der Waals surface area contributed by atoms with E-state index in [2.05, 4.69) is 10.0 Å². The fourth-order valence-corrected chi connectivity index (χ4v) is 3.90. The molecule has 7 nitrogen and oxygen atoms in total. The van der Waals surface area contributed by atoms with Gasteiger partial charge in [-0.15, -0.1) is 0 Å². The first-order valence-corrected chi connectivity index (χ1v) is 10.8. The van der Waals surface area contributed by atoms with Crippen LogP contribution in [0.2, 0.25) is 0 Å². The van der Waals surface area contributed by atoms with Gasteiger partial charge in [0.2, 0.25) is 10.0 Å². The number of hydrogen-bond acceptors (Lipinski definition) is 5. The number of hydrogen-bond donors (Lipinski definition) is 3. The summed E-state index contributed by atoms with van der Waals surface area (Å²) in [5.41, 5.74) is 0.633. The van der Waals surface area contributed by atoms with Crippen molar-refractivity contribution in [2.75, 3.05) is 25.4 Å². The van der Waals surface area contributed by atoms with Gasteiger partial charge in [-0.1, -0.05) is 6.07 Å². The number of benzene rings is 1. The summed E-state index contributed by atoms with van der Waals surface area (Å²) in [6, 6.07) is 3.86. The SMILES string of the molecule is CC(NS(=O)(=O)CCCCNCC(=O)O)c1ccc(F)c(OCC2CC2)c1. The molecule has 0 saturated heterocycles. The molecule has 1 aliphatic rings. The molecule has 0 bridgehead atoms. The monoisotopic (exact) mass is 402 g/mol. The summed E-state index contributed by atoms with van der Waals surface area (Å²) < 4.78 is 46.3. The minimum atomic E-state index is -3.50. The predicted octanol–water partition coefficient (Wildman–Crippen LogP) is 2.05. The second-order valence-corrected chi connectivity index (χ2v) is 8.75. The molecule has 1 aliphatic carbocycles. The number of sulfonamides is 1. The Morgan fingerprint density at radius 2 is 2.11 bits per heavy atom. The van der Waals surface area contributed by atoms with Crippen LogP contribution in [0, 0.1) is 11.7 Å². The number of nitrogens with one attached hydrogen (secondary N) is 2. The lowest BCUT2D eigenvalue weighted by molar-refractivity contribution is -0.135. The molecular weight excluding hydrogens is 375 g/mol. The van der Waals surface area contributed by atoms with Crippen molar-refractivity contribution < 1.29 is 27.4 Å². The first kappa shape index (κ1) is 21.6. The van der Waals surface area contributed by atoms with Gasteiger partial charge in [0.15, 0.2) is 11.6 Å². The second-order valence-electron chi connectivity index (χ2n) is 6.88. The van der Waals surface area contributed by atoms with Gasteiger partial charge in [0.05, 0.1) is 18.9 Å². The van der Waals surface area contributed by atoms with Gasteiger partial charge in [-0.25, -0.2) is 17.5 Å². The predicted molar refractivity (Wildman–Crippen MR) is 99.7 cm³/mol. The van der Waals surface area contributed by atoms with Crippen LogP contribution >= 0.6 is 0 Å². The van der Waals surface area contributed by atoms with Crippen molar-refractivity contribution in [3.63, 3.8) is 0 Å². The second kappa shape index (κ2) is 10.0. The van der Waals surface area contributed by atoms with Crippen LogP contribution in [-0.4, -0.2) is 44.9 Å². The molecule has 1 fully saturated rings. The molecule has 0 radical (unpaired) electrons. The van der Waals surface area contributed by atoms with Gasteiger partial charge in [0, 0.05) is 6.04 Å². The molecule has 3 N–H and O–H groups in total. The summed E-state index contributed by atoms with van der Waals surface area (Å²) in [5.74, 6) is -0.816. The third-order valence-corrected chi connectivity index (χ3v) is 5.81. The van der Waals surface area contributed by atoms with Crippen LogP contribution in [0.25, 0.3) is 0 Å². The van der Waals surface area contributed by atoms with Crippen LogP contribution in [0.5, 0.6) is 5.75 Å². The summed E-state index contributed by atoms with van der Waals surface area (Å²) in [5, 5.41) is 11.2. The fourth-order valence-electron chi connectivity index (χ4n) is 2.53. The van der Waals surface area contributed by atoms with Crippen molar-refractivity contribution in [3.8, 4) is 5.75 Å². The van der Waals surface area contributed by atoms with Gasteiger partial charge in [-0.2, -0.15) is 0 Å². The maximum Gasteiger partial charge on any atom is 0.317 e. The number of carboxylic acids is 1. The lowest BCUT2D eigenvalue weighted by Crippen LogP contribution is -2.30. The van der Waals surface area contributed by atoms with Crippen LogP contribution in [0.15, 0.2) is 18.2 Å². The molecule has 2 rings (SSSR count). The number of rotatable bonds is 13. The zero-order chi connectivity index (χ0) is 19.9.